The number of pyridine rings is 1. The molecule has 0 saturated heterocycles. The third-order valence-corrected chi connectivity index (χ3v) is 6.05. The maximum atomic E-state index is 13.8. The molecule has 3 aromatic rings. The highest BCUT2D eigenvalue weighted by Crippen LogP contribution is 2.35. The van der Waals surface area contributed by atoms with Crippen LogP contribution < -0.4 is 20.3 Å². The SMILES string of the molecule is CCOc1ccccc1N(C(=O)CNC(=O)c1ccco1)[C@@H](C(=O)NC1CCCC1)c1cccnc1. The van der Waals surface area contributed by atoms with Crippen LogP contribution in [0.4, 0.5) is 5.69 Å². The molecule has 2 aromatic heterocycles. The Morgan fingerprint density at radius 2 is 1.92 bits per heavy atom. The Labute approximate surface area is 209 Å². The van der Waals surface area contributed by atoms with E-state index in [1.165, 1.54) is 17.2 Å². The number of hydrogen-bond donors (Lipinski definition) is 2. The van der Waals surface area contributed by atoms with Gasteiger partial charge in [-0.2, -0.15) is 0 Å². The van der Waals surface area contributed by atoms with E-state index >= 15 is 0 Å². The molecule has 2 N–H and O–H groups in total. The first-order chi connectivity index (χ1) is 17.6. The lowest BCUT2D eigenvalue weighted by Gasteiger charge is -2.33. The Bertz CT molecular complexity index is 1160. The minimum Gasteiger partial charge on any atom is -0.492 e. The van der Waals surface area contributed by atoms with Gasteiger partial charge in [-0.05, 0) is 50.1 Å². The van der Waals surface area contributed by atoms with Gasteiger partial charge in [-0.1, -0.05) is 31.0 Å². The van der Waals surface area contributed by atoms with Gasteiger partial charge in [0, 0.05) is 24.0 Å². The minimum atomic E-state index is -1.02. The number of ether oxygens (including phenoxy) is 1. The van der Waals surface area contributed by atoms with E-state index in [1.54, 1.807) is 54.9 Å². The van der Waals surface area contributed by atoms with E-state index < -0.39 is 17.9 Å². The summed E-state index contributed by atoms with van der Waals surface area (Å²) in [5.41, 5.74) is 0.969. The van der Waals surface area contributed by atoms with Crippen molar-refractivity contribution in [3.05, 3.63) is 78.5 Å². The van der Waals surface area contributed by atoms with Crippen LogP contribution in [0.1, 0.15) is 54.8 Å². The largest absolute Gasteiger partial charge is 0.492 e. The van der Waals surface area contributed by atoms with Crippen molar-refractivity contribution in [2.75, 3.05) is 18.1 Å². The zero-order valence-corrected chi connectivity index (χ0v) is 20.2. The summed E-state index contributed by atoms with van der Waals surface area (Å²) in [6.07, 6.45) is 8.47. The summed E-state index contributed by atoms with van der Waals surface area (Å²) in [6.45, 7) is 1.87. The van der Waals surface area contributed by atoms with Crippen molar-refractivity contribution in [1.29, 1.82) is 0 Å². The number of nitrogens with zero attached hydrogens (tertiary/aromatic N) is 2. The van der Waals surface area contributed by atoms with Gasteiger partial charge in [0.25, 0.3) is 5.91 Å². The maximum absolute atomic E-state index is 13.8. The summed E-state index contributed by atoms with van der Waals surface area (Å²) < 4.78 is 10.9. The van der Waals surface area contributed by atoms with Gasteiger partial charge in [0.2, 0.25) is 11.8 Å². The van der Waals surface area contributed by atoms with Crippen LogP contribution in [0.5, 0.6) is 5.75 Å². The molecule has 1 atom stereocenters. The molecule has 1 saturated carbocycles. The van der Waals surface area contributed by atoms with Crippen LogP contribution in [-0.2, 0) is 9.59 Å². The summed E-state index contributed by atoms with van der Waals surface area (Å²) in [7, 11) is 0. The fourth-order valence-electron chi connectivity index (χ4n) is 4.39. The van der Waals surface area contributed by atoms with Crippen LogP contribution in [-0.4, -0.2) is 41.9 Å². The van der Waals surface area contributed by atoms with Gasteiger partial charge in [0.1, 0.15) is 11.8 Å². The third kappa shape index (κ3) is 5.91. The zero-order chi connectivity index (χ0) is 25.3. The van der Waals surface area contributed by atoms with Crippen molar-refractivity contribution < 1.29 is 23.5 Å². The molecule has 0 spiro atoms. The second-order valence-electron chi connectivity index (χ2n) is 8.50. The topological polar surface area (TPSA) is 114 Å². The predicted octanol–water partition coefficient (Wildman–Crippen LogP) is 3.64. The highest BCUT2D eigenvalue weighted by molar-refractivity contribution is 6.05. The molecule has 0 radical (unpaired) electrons. The predicted molar refractivity (Wildman–Crippen MR) is 134 cm³/mol. The van der Waals surface area contributed by atoms with E-state index in [0.717, 1.165) is 25.7 Å². The molecular formula is C27H30N4O5. The number of para-hydroxylation sites is 2. The van der Waals surface area contributed by atoms with Crippen LogP contribution in [0, 0.1) is 0 Å². The number of aromatic nitrogens is 1. The van der Waals surface area contributed by atoms with Crippen LogP contribution in [0.25, 0.3) is 0 Å². The van der Waals surface area contributed by atoms with E-state index in [9.17, 15) is 14.4 Å². The number of benzene rings is 1. The van der Waals surface area contributed by atoms with Crippen molar-refractivity contribution in [1.82, 2.24) is 15.6 Å². The molecular weight excluding hydrogens is 460 g/mol. The van der Waals surface area contributed by atoms with Crippen molar-refractivity contribution in [2.45, 2.75) is 44.7 Å². The monoisotopic (exact) mass is 490 g/mol. The van der Waals surface area contributed by atoms with Crippen molar-refractivity contribution in [3.8, 4) is 5.75 Å². The lowest BCUT2D eigenvalue weighted by Crippen LogP contribution is -2.49. The maximum Gasteiger partial charge on any atom is 0.287 e. The fourth-order valence-corrected chi connectivity index (χ4v) is 4.39. The lowest BCUT2D eigenvalue weighted by atomic mass is 10.0. The highest BCUT2D eigenvalue weighted by Gasteiger charge is 2.36. The number of rotatable bonds is 10. The molecule has 2 heterocycles. The molecule has 9 heteroatoms. The summed E-state index contributed by atoms with van der Waals surface area (Å²) in [5, 5.41) is 5.71. The van der Waals surface area contributed by atoms with E-state index in [1.807, 2.05) is 6.92 Å². The number of carbonyl (C=O) groups excluding carboxylic acids is 3. The molecule has 36 heavy (non-hydrogen) atoms. The normalized spacial score (nSPS) is 14.1. The average Bonchev–Trinajstić information content (AvgIpc) is 3.62. The van der Waals surface area contributed by atoms with Gasteiger partial charge in [-0.15, -0.1) is 0 Å². The number of furan rings is 1. The number of anilines is 1. The van der Waals surface area contributed by atoms with Crippen LogP contribution >= 0.6 is 0 Å². The summed E-state index contributed by atoms with van der Waals surface area (Å²) >= 11 is 0. The molecule has 1 aromatic carbocycles. The Kier molecular flexibility index (Phi) is 8.33. The molecule has 1 aliphatic rings. The summed E-state index contributed by atoms with van der Waals surface area (Å²) in [4.78, 5) is 45.5. The van der Waals surface area contributed by atoms with Gasteiger partial charge < -0.3 is 19.8 Å². The molecule has 188 valence electrons. The first kappa shape index (κ1) is 25.0. The van der Waals surface area contributed by atoms with Gasteiger partial charge in [0.05, 0.1) is 25.1 Å². The van der Waals surface area contributed by atoms with Gasteiger partial charge in [0.15, 0.2) is 5.76 Å². The molecule has 1 fully saturated rings. The first-order valence-electron chi connectivity index (χ1n) is 12.1. The van der Waals surface area contributed by atoms with E-state index in [2.05, 4.69) is 15.6 Å². The Hall–Kier alpha value is -4.14. The van der Waals surface area contributed by atoms with E-state index in [-0.39, 0.29) is 24.3 Å². The van der Waals surface area contributed by atoms with Gasteiger partial charge >= 0.3 is 0 Å². The smallest absolute Gasteiger partial charge is 0.287 e. The fraction of sp³-hybridized carbons (Fsp3) is 0.333. The number of hydrogen-bond acceptors (Lipinski definition) is 6. The standard InChI is InChI=1S/C27H30N4O5/c1-2-35-22-13-6-5-12-21(22)31(24(32)18-29-26(33)23-14-8-16-36-23)25(19-9-7-15-28-17-19)27(34)30-20-10-3-4-11-20/h5-9,12-17,20,25H,2-4,10-11,18H2,1H3,(H,29,33)(H,30,34)/t25-/m1/s1. The van der Waals surface area contributed by atoms with E-state index in [0.29, 0.717) is 23.6 Å². The Morgan fingerprint density at radius 3 is 2.61 bits per heavy atom. The minimum absolute atomic E-state index is 0.0504. The van der Waals surface area contributed by atoms with Crippen molar-refractivity contribution >= 4 is 23.4 Å². The van der Waals surface area contributed by atoms with Gasteiger partial charge in [-0.25, -0.2) is 0 Å². The van der Waals surface area contributed by atoms with Crippen molar-refractivity contribution in [3.63, 3.8) is 0 Å². The number of nitrogens with one attached hydrogen (secondary N) is 2. The number of amides is 3. The lowest BCUT2D eigenvalue weighted by molar-refractivity contribution is -0.126. The quantitative estimate of drug-likeness (QED) is 0.449. The Morgan fingerprint density at radius 1 is 1.11 bits per heavy atom. The molecule has 9 nitrogen and oxygen atoms in total. The van der Waals surface area contributed by atoms with Gasteiger partial charge in [-0.3, -0.25) is 24.3 Å². The zero-order valence-electron chi connectivity index (χ0n) is 20.2. The Balaban J connectivity index is 1.71. The third-order valence-electron chi connectivity index (χ3n) is 6.05. The first-order valence-corrected chi connectivity index (χ1v) is 12.1. The molecule has 0 unspecified atom stereocenters. The molecule has 3 amide bonds. The molecule has 4 rings (SSSR count). The van der Waals surface area contributed by atoms with E-state index in [4.69, 9.17) is 9.15 Å². The molecule has 0 aliphatic heterocycles. The molecule has 1 aliphatic carbocycles. The molecule has 0 bridgehead atoms. The summed E-state index contributed by atoms with van der Waals surface area (Å²) in [6, 6.07) is 12.7. The second-order valence-corrected chi connectivity index (χ2v) is 8.50. The highest BCUT2D eigenvalue weighted by atomic mass is 16.5. The average molecular weight is 491 g/mol. The number of carbonyl (C=O) groups is 3. The van der Waals surface area contributed by atoms with Crippen LogP contribution in [0.15, 0.2) is 71.6 Å². The summed E-state index contributed by atoms with van der Waals surface area (Å²) in [5.74, 6) is -0.788. The van der Waals surface area contributed by atoms with Crippen LogP contribution in [0.3, 0.4) is 0 Å². The second kappa shape index (κ2) is 12.0. The van der Waals surface area contributed by atoms with Crippen molar-refractivity contribution in [2.24, 2.45) is 0 Å². The van der Waals surface area contributed by atoms with Crippen LogP contribution in [0.2, 0.25) is 0 Å².